The van der Waals surface area contributed by atoms with E-state index in [1.165, 1.54) is 4.57 Å². The van der Waals surface area contributed by atoms with Gasteiger partial charge in [0.05, 0.1) is 20.2 Å². The van der Waals surface area contributed by atoms with E-state index in [0.717, 1.165) is 24.2 Å². The Bertz CT molecular complexity index is 1110. The Morgan fingerprint density at radius 1 is 1.00 bits per heavy atom. The molecule has 0 spiro atoms. The van der Waals surface area contributed by atoms with E-state index in [9.17, 15) is 9.59 Å². The third-order valence-corrected chi connectivity index (χ3v) is 5.18. The molecular formula is C24H30N4O4. The van der Waals surface area contributed by atoms with Gasteiger partial charge < -0.3 is 20.1 Å². The molecule has 3 aromatic rings. The number of anilines is 2. The van der Waals surface area contributed by atoms with Crippen LogP contribution in [-0.2, 0) is 6.54 Å². The number of rotatable bonds is 11. The number of nitrogens with two attached hydrogens (primary N) is 1. The number of hydrogen-bond acceptors (Lipinski definition) is 6. The minimum Gasteiger partial charge on any atom is -0.497 e. The quantitative estimate of drug-likeness (QED) is 0.477. The van der Waals surface area contributed by atoms with Crippen LogP contribution in [-0.4, -0.2) is 36.4 Å². The SMILES string of the molecule is CCCCN(CCOc1ccc(OC)cc1)c1c(N)n(Cc2ccccc2)c(=O)[nH]c1=O. The lowest BCUT2D eigenvalue weighted by Gasteiger charge is -2.26. The first-order valence-corrected chi connectivity index (χ1v) is 10.7. The highest BCUT2D eigenvalue weighted by atomic mass is 16.5. The molecule has 0 saturated carbocycles. The topological polar surface area (TPSA) is 103 Å². The van der Waals surface area contributed by atoms with Gasteiger partial charge in [-0.1, -0.05) is 43.7 Å². The summed E-state index contributed by atoms with van der Waals surface area (Å²) in [5, 5.41) is 0. The number of ether oxygens (including phenoxy) is 2. The van der Waals surface area contributed by atoms with E-state index in [1.807, 2.05) is 59.5 Å². The molecule has 0 aliphatic rings. The summed E-state index contributed by atoms with van der Waals surface area (Å²) < 4.78 is 12.4. The molecule has 32 heavy (non-hydrogen) atoms. The number of benzene rings is 2. The lowest BCUT2D eigenvalue weighted by Crippen LogP contribution is -2.40. The summed E-state index contributed by atoms with van der Waals surface area (Å²) in [6, 6.07) is 16.8. The molecule has 0 amide bonds. The lowest BCUT2D eigenvalue weighted by atomic mass is 10.2. The van der Waals surface area contributed by atoms with E-state index in [0.29, 0.717) is 31.1 Å². The van der Waals surface area contributed by atoms with Gasteiger partial charge in [-0.25, -0.2) is 4.79 Å². The number of aromatic amines is 1. The Morgan fingerprint density at radius 3 is 2.34 bits per heavy atom. The Balaban J connectivity index is 1.82. The zero-order chi connectivity index (χ0) is 22.9. The third kappa shape index (κ3) is 5.72. The van der Waals surface area contributed by atoms with Crippen LogP contribution >= 0.6 is 0 Å². The van der Waals surface area contributed by atoms with Crippen LogP contribution in [0, 0.1) is 0 Å². The summed E-state index contributed by atoms with van der Waals surface area (Å²) in [4.78, 5) is 29.5. The number of nitrogens with one attached hydrogen (secondary N) is 1. The van der Waals surface area contributed by atoms with E-state index in [2.05, 4.69) is 11.9 Å². The van der Waals surface area contributed by atoms with E-state index < -0.39 is 11.2 Å². The standard InChI is InChI=1S/C24H30N4O4/c1-3-4-14-27(15-16-32-20-12-10-19(31-2)11-13-20)21-22(25)28(24(30)26-23(21)29)17-18-8-6-5-7-9-18/h5-13H,3-4,14-17,25H2,1-2H3,(H,26,29,30). The predicted octanol–water partition coefficient (Wildman–Crippen LogP) is 2.86. The molecule has 8 heteroatoms. The Morgan fingerprint density at radius 2 is 1.69 bits per heavy atom. The number of nitrogens with zero attached hydrogens (tertiary/aromatic N) is 2. The fourth-order valence-corrected chi connectivity index (χ4v) is 3.44. The van der Waals surface area contributed by atoms with Crippen molar-refractivity contribution in [2.24, 2.45) is 0 Å². The smallest absolute Gasteiger partial charge is 0.330 e. The molecule has 0 unspecified atom stereocenters. The average Bonchev–Trinajstić information content (AvgIpc) is 2.80. The van der Waals surface area contributed by atoms with Gasteiger partial charge in [-0.15, -0.1) is 0 Å². The largest absolute Gasteiger partial charge is 0.497 e. The number of H-pyrrole nitrogens is 1. The minimum absolute atomic E-state index is 0.156. The summed E-state index contributed by atoms with van der Waals surface area (Å²) in [7, 11) is 1.61. The molecule has 1 aromatic heterocycles. The van der Waals surface area contributed by atoms with Gasteiger partial charge in [0.25, 0.3) is 5.56 Å². The molecule has 1 heterocycles. The molecule has 2 aromatic carbocycles. The maximum Gasteiger partial charge on any atom is 0.330 e. The molecule has 0 atom stereocenters. The molecule has 3 rings (SSSR count). The maximum absolute atomic E-state index is 12.7. The summed E-state index contributed by atoms with van der Waals surface area (Å²) in [5.41, 5.74) is 6.57. The van der Waals surface area contributed by atoms with Crippen LogP contribution < -0.4 is 31.4 Å². The first kappa shape index (κ1) is 23.0. The van der Waals surface area contributed by atoms with Crippen LogP contribution in [0.5, 0.6) is 11.5 Å². The van der Waals surface area contributed by atoms with Crippen LogP contribution in [0.2, 0.25) is 0 Å². The average molecular weight is 439 g/mol. The van der Waals surface area contributed by atoms with E-state index in [-0.39, 0.29) is 12.4 Å². The summed E-state index contributed by atoms with van der Waals surface area (Å²) in [6.45, 7) is 3.78. The first-order valence-electron chi connectivity index (χ1n) is 10.7. The number of unbranched alkanes of at least 4 members (excludes halogenated alkanes) is 1. The van der Waals surface area contributed by atoms with E-state index in [1.54, 1.807) is 7.11 Å². The molecule has 0 bridgehead atoms. The van der Waals surface area contributed by atoms with Gasteiger partial charge in [-0.3, -0.25) is 14.3 Å². The van der Waals surface area contributed by atoms with Gasteiger partial charge >= 0.3 is 5.69 Å². The summed E-state index contributed by atoms with van der Waals surface area (Å²) in [6.07, 6.45) is 1.83. The van der Waals surface area contributed by atoms with Gasteiger partial charge in [0.1, 0.15) is 29.6 Å². The highest BCUT2D eigenvalue weighted by molar-refractivity contribution is 5.62. The fourth-order valence-electron chi connectivity index (χ4n) is 3.44. The van der Waals surface area contributed by atoms with Crippen molar-refractivity contribution in [2.75, 3.05) is 37.4 Å². The third-order valence-electron chi connectivity index (χ3n) is 5.18. The lowest BCUT2D eigenvalue weighted by molar-refractivity contribution is 0.322. The molecule has 8 nitrogen and oxygen atoms in total. The molecule has 0 radical (unpaired) electrons. The second-order valence-corrected chi connectivity index (χ2v) is 7.43. The number of aromatic nitrogens is 2. The molecule has 0 aliphatic carbocycles. The van der Waals surface area contributed by atoms with Crippen molar-refractivity contribution in [2.45, 2.75) is 26.3 Å². The minimum atomic E-state index is -0.523. The summed E-state index contributed by atoms with van der Waals surface area (Å²) >= 11 is 0. The fraction of sp³-hybridized carbons (Fsp3) is 0.333. The number of methoxy groups -OCH3 is 1. The van der Waals surface area contributed by atoms with Gasteiger partial charge in [0, 0.05) is 6.54 Å². The zero-order valence-electron chi connectivity index (χ0n) is 18.5. The normalized spacial score (nSPS) is 10.7. The van der Waals surface area contributed by atoms with Crippen LogP contribution in [0.25, 0.3) is 0 Å². The van der Waals surface area contributed by atoms with Crippen LogP contribution in [0.1, 0.15) is 25.3 Å². The Kier molecular flexibility index (Phi) is 7.96. The first-order chi connectivity index (χ1) is 15.5. The van der Waals surface area contributed by atoms with Crippen LogP contribution in [0.3, 0.4) is 0 Å². The van der Waals surface area contributed by atoms with Crippen molar-refractivity contribution >= 4 is 11.5 Å². The van der Waals surface area contributed by atoms with Gasteiger partial charge in [0.15, 0.2) is 0 Å². The second-order valence-electron chi connectivity index (χ2n) is 7.43. The Hall–Kier alpha value is -3.68. The van der Waals surface area contributed by atoms with E-state index >= 15 is 0 Å². The molecule has 170 valence electrons. The second kappa shape index (κ2) is 11.1. The highest BCUT2D eigenvalue weighted by Crippen LogP contribution is 2.20. The molecule has 0 fully saturated rings. The van der Waals surface area contributed by atoms with Gasteiger partial charge in [0.2, 0.25) is 0 Å². The molecular weight excluding hydrogens is 408 g/mol. The van der Waals surface area contributed by atoms with E-state index in [4.69, 9.17) is 15.2 Å². The Labute approximate surface area is 187 Å². The van der Waals surface area contributed by atoms with Gasteiger partial charge in [-0.2, -0.15) is 0 Å². The molecule has 0 saturated heterocycles. The van der Waals surface area contributed by atoms with Gasteiger partial charge in [-0.05, 0) is 36.2 Å². The van der Waals surface area contributed by atoms with Crippen molar-refractivity contribution in [1.82, 2.24) is 9.55 Å². The van der Waals surface area contributed by atoms with Crippen molar-refractivity contribution in [1.29, 1.82) is 0 Å². The summed E-state index contributed by atoms with van der Waals surface area (Å²) in [5.74, 6) is 1.61. The molecule has 3 N–H and O–H groups in total. The van der Waals surface area contributed by atoms with Crippen molar-refractivity contribution in [3.63, 3.8) is 0 Å². The zero-order valence-corrected chi connectivity index (χ0v) is 18.5. The predicted molar refractivity (Wildman–Crippen MR) is 127 cm³/mol. The highest BCUT2D eigenvalue weighted by Gasteiger charge is 2.19. The van der Waals surface area contributed by atoms with Crippen molar-refractivity contribution < 1.29 is 9.47 Å². The van der Waals surface area contributed by atoms with Crippen LogP contribution in [0.15, 0.2) is 64.2 Å². The maximum atomic E-state index is 12.7. The van der Waals surface area contributed by atoms with Crippen molar-refractivity contribution in [3.8, 4) is 11.5 Å². The monoisotopic (exact) mass is 438 g/mol. The van der Waals surface area contributed by atoms with Crippen LogP contribution in [0.4, 0.5) is 11.5 Å². The van der Waals surface area contributed by atoms with Crippen molar-refractivity contribution in [3.05, 3.63) is 81.0 Å². The molecule has 0 aliphatic heterocycles. The number of nitrogen functional groups attached to an aromatic ring is 1. The number of hydrogen-bond donors (Lipinski definition) is 2.